The predicted octanol–water partition coefficient (Wildman–Crippen LogP) is 5.13. The van der Waals surface area contributed by atoms with Crippen LogP contribution in [0.4, 0.5) is 0 Å². The number of benzene rings is 1. The highest BCUT2D eigenvalue weighted by molar-refractivity contribution is 5.98. The van der Waals surface area contributed by atoms with Crippen molar-refractivity contribution in [1.29, 1.82) is 0 Å². The number of nitrogens with zero attached hydrogens (tertiary/aromatic N) is 2. The molecule has 1 aromatic rings. The average Bonchev–Trinajstić information content (AvgIpc) is 3.73. The fourth-order valence-corrected chi connectivity index (χ4v) is 8.94. The second kappa shape index (κ2) is 17.5. The monoisotopic (exact) mass is 723 g/mol. The zero-order valence-corrected chi connectivity index (χ0v) is 32.1. The predicted molar refractivity (Wildman–Crippen MR) is 199 cm³/mol. The number of allylic oxidation sites excluding steroid dienone is 1. The number of likely N-dealkylation sites (tertiary alicyclic amines) is 1. The molecule has 0 unspecified atom stereocenters. The Hall–Kier alpha value is -3.54. The third-order valence-corrected chi connectivity index (χ3v) is 10.6. The van der Waals surface area contributed by atoms with Crippen molar-refractivity contribution in [3.63, 3.8) is 0 Å². The number of aliphatic hydroxyl groups excluding tert-OH is 1. The van der Waals surface area contributed by atoms with Crippen molar-refractivity contribution in [1.82, 2.24) is 15.1 Å². The summed E-state index contributed by atoms with van der Waals surface area (Å²) in [6, 6.07) is 7.52. The van der Waals surface area contributed by atoms with Gasteiger partial charge in [0.2, 0.25) is 17.7 Å². The van der Waals surface area contributed by atoms with Gasteiger partial charge in [0.15, 0.2) is 0 Å². The van der Waals surface area contributed by atoms with Gasteiger partial charge in [0.05, 0.1) is 30.6 Å². The number of aliphatic hydroxyl groups is 1. The van der Waals surface area contributed by atoms with E-state index in [0.717, 1.165) is 0 Å². The van der Waals surface area contributed by atoms with Crippen molar-refractivity contribution in [2.24, 2.45) is 17.3 Å². The van der Waals surface area contributed by atoms with Gasteiger partial charge in [-0.3, -0.25) is 19.2 Å². The first-order valence-electron chi connectivity index (χ1n) is 18.8. The van der Waals surface area contributed by atoms with Gasteiger partial charge in [0.25, 0.3) is 0 Å². The smallest absolute Gasteiger partial charge is 0.313 e. The van der Waals surface area contributed by atoms with Crippen LogP contribution in [0.1, 0.15) is 97.7 Å². The molecule has 11 nitrogen and oxygen atoms in total. The van der Waals surface area contributed by atoms with E-state index in [9.17, 15) is 19.5 Å². The van der Waals surface area contributed by atoms with Crippen LogP contribution in [-0.2, 0) is 33.4 Å². The number of carbonyl (C=O) groups is 4. The highest BCUT2D eigenvalue weighted by Crippen LogP contribution is 2.59. The SMILES string of the molecule is C=CCCC(=O)N[C@H](COC)[C@H](OC(=O)[C@@H]1[C@H]2C(=O)N(CCCCCO)[C@H](C(=O)N(CC=C)C(C)(C)CC(C)(C)C)[C@]23CC[C@H]1O3)c1ccccc1. The highest BCUT2D eigenvalue weighted by Gasteiger charge is 2.75. The largest absolute Gasteiger partial charge is 0.455 e. The molecule has 1 spiro atoms. The van der Waals surface area contributed by atoms with E-state index in [1.807, 2.05) is 49.1 Å². The summed E-state index contributed by atoms with van der Waals surface area (Å²) in [5, 5.41) is 12.4. The van der Waals surface area contributed by atoms with Crippen molar-refractivity contribution in [3.8, 4) is 0 Å². The average molecular weight is 724 g/mol. The zero-order valence-electron chi connectivity index (χ0n) is 32.1. The zero-order chi connectivity index (χ0) is 38.3. The summed E-state index contributed by atoms with van der Waals surface area (Å²) in [5.74, 6) is -3.21. The lowest BCUT2D eigenvalue weighted by atomic mass is 9.70. The van der Waals surface area contributed by atoms with Crippen LogP contribution in [0.3, 0.4) is 0 Å². The maximum atomic E-state index is 15.0. The normalized spacial score (nSPS) is 25.0. The minimum Gasteiger partial charge on any atom is -0.455 e. The van der Waals surface area contributed by atoms with Crippen LogP contribution in [0.2, 0.25) is 0 Å². The Morgan fingerprint density at radius 3 is 2.44 bits per heavy atom. The molecule has 52 heavy (non-hydrogen) atoms. The van der Waals surface area contributed by atoms with Gasteiger partial charge in [-0.15, -0.1) is 13.2 Å². The number of esters is 1. The number of hydrogen-bond donors (Lipinski definition) is 2. The number of nitrogens with one attached hydrogen (secondary N) is 1. The Morgan fingerprint density at radius 2 is 1.83 bits per heavy atom. The molecule has 1 aromatic carbocycles. The topological polar surface area (TPSA) is 135 Å². The molecule has 2 N–H and O–H groups in total. The maximum Gasteiger partial charge on any atom is 0.313 e. The summed E-state index contributed by atoms with van der Waals surface area (Å²) in [6.07, 6.45) is 6.06. The van der Waals surface area contributed by atoms with Gasteiger partial charge in [-0.25, -0.2) is 0 Å². The van der Waals surface area contributed by atoms with Crippen LogP contribution in [0, 0.1) is 17.3 Å². The van der Waals surface area contributed by atoms with Crippen molar-refractivity contribution in [2.75, 3.05) is 33.4 Å². The Balaban J connectivity index is 1.72. The molecule has 4 rings (SSSR count). The van der Waals surface area contributed by atoms with Gasteiger partial charge >= 0.3 is 5.97 Å². The molecule has 3 amide bonds. The van der Waals surface area contributed by atoms with E-state index in [1.165, 1.54) is 7.11 Å². The first-order chi connectivity index (χ1) is 24.7. The second-order valence-electron chi connectivity index (χ2n) is 16.4. The maximum absolute atomic E-state index is 15.0. The van der Waals surface area contributed by atoms with Gasteiger partial charge in [-0.2, -0.15) is 0 Å². The van der Waals surface area contributed by atoms with E-state index >= 15 is 4.79 Å². The summed E-state index contributed by atoms with van der Waals surface area (Å²) in [6.45, 7) is 18.8. The number of amides is 3. The Morgan fingerprint density at radius 1 is 1.12 bits per heavy atom. The first kappa shape index (κ1) is 41.2. The fraction of sp³-hybridized carbons (Fsp3) is 0.659. The van der Waals surface area contributed by atoms with Gasteiger partial charge in [-0.1, -0.05) is 63.3 Å². The van der Waals surface area contributed by atoms with E-state index in [0.29, 0.717) is 63.6 Å². The van der Waals surface area contributed by atoms with Crippen molar-refractivity contribution in [3.05, 3.63) is 61.2 Å². The van der Waals surface area contributed by atoms with Crippen LogP contribution in [0.25, 0.3) is 0 Å². The summed E-state index contributed by atoms with van der Waals surface area (Å²) in [4.78, 5) is 60.6. The van der Waals surface area contributed by atoms with Gasteiger partial charge < -0.3 is 34.4 Å². The molecule has 11 heteroatoms. The molecular weight excluding hydrogens is 662 g/mol. The molecule has 0 aliphatic carbocycles. The van der Waals surface area contributed by atoms with E-state index < -0.39 is 53.2 Å². The number of unbranched alkanes of at least 4 members (excludes halogenated alkanes) is 2. The Bertz CT molecular complexity index is 1420. The van der Waals surface area contributed by atoms with Crippen LogP contribution in [-0.4, -0.2) is 101 Å². The molecule has 3 aliphatic rings. The molecule has 2 bridgehead atoms. The molecule has 0 saturated carbocycles. The molecule has 3 saturated heterocycles. The molecule has 288 valence electrons. The van der Waals surface area contributed by atoms with E-state index in [2.05, 4.69) is 39.2 Å². The van der Waals surface area contributed by atoms with Crippen molar-refractivity contribution >= 4 is 23.7 Å². The van der Waals surface area contributed by atoms with E-state index in [1.54, 1.807) is 17.1 Å². The molecule has 7 atom stereocenters. The van der Waals surface area contributed by atoms with Crippen molar-refractivity contribution in [2.45, 2.75) is 121 Å². The van der Waals surface area contributed by atoms with Crippen molar-refractivity contribution < 1.29 is 38.5 Å². The highest BCUT2D eigenvalue weighted by atomic mass is 16.6. The number of ether oxygens (including phenoxy) is 3. The summed E-state index contributed by atoms with van der Waals surface area (Å²) >= 11 is 0. The third kappa shape index (κ3) is 8.97. The molecule has 3 fully saturated rings. The lowest BCUT2D eigenvalue weighted by Crippen LogP contribution is -2.61. The summed E-state index contributed by atoms with van der Waals surface area (Å²) < 4.78 is 18.6. The minimum atomic E-state index is -1.20. The molecule has 3 heterocycles. The standard InChI is InChI=1S/C41H61N3O8/c1-9-11-20-31(46)42-29(26-50-8)34(28-18-14-12-15-19-28)51-38(49)32-30-21-22-41(52-30)33(32)36(47)43(24-16-13-17-25-45)35(41)37(48)44(23-10-2)40(6,7)27-39(3,4)5/h9-10,12,14-15,18-19,29-30,32-35,45H,1-2,11,13,16-17,20-27H2,3-8H3,(H,42,46)/t29-,30-,32+,33+,34-,35-,41+/m1/s1. The lowest BCUT2D eigenvalue weighted by molar-refractivity contribution is -0.163. The molecular formula is C41H61N3O8. The number of methoxy groups -OCH3 is 1. The van der Waals surface area contributed by atoms with Crippen LogP contribution < -0.4 is 5.32 Å². The van der Waals surface area contributed by atoms with Crippen LogP contribution in [0.15, 0.2) is 55.6 Å². The Kier molecular flexibility index (Phi) is 13.9. The molecule has 3 aliphatic heterocycles. The quantitative estimate of drug-likeness (QED) is 0.107. The minimum absolute atomic E-state index is 0.0387. The van der Waals surface area contributed by atoms with Crippen LogP contribution >= 0.6 is 0 Å². The molecule has 0 radical (unpaired) electrons. The third-order valence-electron chi connectivity index (χ3n) is 10.6. The van der Waals surface area contributed by atoms with E-state index in [4.69, 9.17) is 14.2 Å². The van der Waals surface area contributed by atoms with Gasteiger partial charge in [-0.05, 0) is 69.8 Å². The number of fused-ring (bicyclic) bond motifs is 1. The summed E-state index contributed by atoms with van der Waals surface area (Å²) in [7, 11) is 1.52. The second-order valence-corrected chi connectivity index (χ2v) is 16.4. The van der Waals surface area contributed by atoms with Gasteiger partial charge in [0, 0.05) is 38.8 Å². The first-order valence-corrected chi connectivity index (χ1v) is 18.8. The lowest BCUT2D eigenvalue weighted by Gasteiger charge is -2.45. The van der Waals surface area contributed by atoms with Gasteiger partial charge in [0.1, 0.15) is 17.7 Å². The summed E-state index contributed by atoms with van der Waals surface area (Å²) in [5.41, 5.74) is -1.20. The molecule has 0 aromatic heterocycles. The number of rotatable bonds is 20. The fourth-order valence-electron chi connectivity index (χ4n) is 8.94. The van der Waals surface area contributed by atoms with E-state index in [-0.39, 0.29) is 42.8 Å². The number of hydrogen-bond acceptors (Lipinski definition) is 8. The Labute approximate surface area is 310 Å². The van der Waals surface area contributed by atoms with Crippen LogP contribution in [0.5, 0.6) is 0 Å². The number of carbonyl (C=O) groups excluding carboxylic acids is 4.